The van der Waals surface area contributed by atoms with Gasteiger partial charge in [-0.2, -0.15) is 0 Å². The Morgan fingerprint density at radius 2 is 1.77 bits per heavy atom. The molecule has 1 fully saturated rings. The van der Waals surface area contributed by atoms with Crippen molar-refractivity contribution in [1.82, 2.24) is 9.80 Å². The molecule has 3 rings (SSSR count). The summed E-state index contributed by atoms with van der Waals surface area (Å²) in [5.41, 5.74) is 1.72. The van der Waals surface area contributed by atoms with Crippen molar-refractivity contribution in [3.63, 3.8) is 0 Å². The van der Waals surface area contributed by atoms with Gasteiger partial charge >= 0.3 is 0 Å². The summed E-state index contributed by atoms with van der Waals surface area (Å²) in [5.74, 6) is 1.73. The summed E-state index contributed by atoms with van der Waals surface area (Å²) in [5, 5.41) is 0. The second-order valence-electron chi connectivity index (χ2n) is 6.48. The van der Waals surface area contributed by atoms with E-state index < -0.39 is 0 Å². The number of piperazine rings is 1. The van der Waals surface area contributed by atoms with Crippen molar-refractivity contribution in [2.75, 3.05) is 46.4 Å². The molecule has 2 aromatic carbocycles. The molecule has 0 unspecified atom stereocenters. The minimum atomic E-state index is 0.0727. The van der Waals surface area contributed by atoms with Crippen LogP contribution in [0, 0.1) is 6.92 Å². The lowest BCUT2D eigenvalue weighted by atomic mass is 10.1. The van der Waals surface area contributed by atoms with Crippen molar-refractivity contribution < 1.29 is 14.3 Å². The van der Waals surface area contributed by atoms with E-state index in [9.17, 15) is 4.79 Å². The van der Waals surface area contributed by atoms with Gasteiger partial charge < -0.3 is 14.4 Å². The highest BCUT2D eigenvalue weighted by Gasteiger charge is 2.22. The van der Waals surface area contributed by atoms with Crippen LogP contribution < -0.4 is 9.47 Å². The lowest BCUT2D eigenvalue weighted by molar-refractivity contribution is 0.0620. The number of rotatable bonds is 6. The molecular weight excluding hydrogens is 328 g/mol. The van der Waals surface area contributed by atoms with E-state index in [0.29, 0.717) is 12.2 Å². The standard InChI is InChI=1S/C21H26N2O3/c1-17-8-9-18(16-20(17)25-2)21(24)23-12-10-22(11-13-23)14-15-26-19-6-4-3-5-7-19/h3-9,16H,10-15H2,1-2H3. The number of benzene rings is 2. The van der Waals surface area contributed by atoms with E-state index >= 15 is 0 Å². The van der Waals surface area contributed by atoms with E-state index in [1.807, 2.05) is 60.4 Å². The number of methoxy groups -OCH3 is 1. The fraction of sp³-hybridized carbons (Fsp3) is 0.381. The fourth-order valence-electron chi connectivity index (χ4n) is 3.12. The zero-order valence-electron chi connectivity index (χ0n) is 15.5. The zero-order valence-corrected chi connectivity index (χ0v) is 15.5. The van der Waals surface area contributed by atoms with Gasteiger partial charge in [0.05, 0.1) is 7.11 Å². The molecule has 1 heterocycles. The Morgan fingerprint density at radius 1 is 1.04 bits per heavy atom. The molecule has 0 saturated carbocycles. The summed E-state index contributed by atoms with van der Waals surface area (Å²) in [6.07, 6.45) is 0. The van der Waals surface area contributed by atoms with Gasteiger partial charge in [0.25, 0.3) is 5.91 Å². The Kier molecular flexibility index (Phi) is 6.12. The van der Waals surface area contributed by atoms with Gasteiger partial charge in [-0.25, -0.2) is 0 Å². The van der Waals surface area contributed by atoms with Crippen LogP contribution in [0.15, 0.2) is 48.5 Å². The number of para-hydroxylation sites is 1. The van der Waals surface area contributed by atoms with Crippen molar-refractivity contribution in [2.45, 2.75) is 6.92 Å². The Labute approximate surface area is 155 Å². The van der Waals surface area contributed by atoms with E-state index in [1.54, 1.807) is 7.11 Å². The predicted octanol–water partition coefficient (Wildman–Crippen LogP) is 2.84. The number of aryl methyl sites for hydroxylation is 1. The topological polar surface area (TPSA) is 42.0 Å². The molecule has 0 aliphatic carbocycles. The molecule has 26 heavy (non-hydrogen) atoms. The summed E-state index contributed by atoms with van der Waals surface area (Å²) in [6, 6.07) is 15.5. The average molecular weight is 354 g/mol. The Bertz CT molecular complexity index is 725. The second kappa shape index (κ2) is 8.72. The van der Waals surface area contributed by atoms with Crippen molar-refractivity contribution in [3.8, 4) is 11.5 Å². The second-order valence-corrected chi connectivity index (χ2v) is 6.48. The summed E-state index contributed by atoms with van der Waals surface area (Å²) >= 11 is 0. The van der Waals surface area contributed by atoms with Crippen molar-refractivity contribution in [2.24, 2.45) is 0 Å². The largest absolute Gasteiger partial charge is 0.496 e. The first kappa shape index (κ1) is 18.3. The monoisotopic (exact) mass is 354 g/mol. The SMILES string of the molecule is COc1cc(C(=O)N2CCN(CCOc3ccccc3)CC2)ccc1C. The van der Waals surface area contributed by atoms with Crippen molar-refractivity contribution >= 4 is 5.91 Å². The van der Waals surface area contributed by atoms with E-state index in [-0.39, 0.29) is 5.91 Å². The van der Waals surface area contributed by atoms with Crippen molar-refractivity contribution in [1.29, 1.82) is 0 Å². The number of carbonyl (C=O) groups is 1. The third kappa shape index (κ3) is 4.55. The van der Waals surface area contributed by atoms with Crippen LogP contribution in [0.1, 0.15) is 15.9 Å². The average Bonchev–Trinajstić information content (AvgIpc) is 2.69. The molecule has 1 amide bonds. The predicted molar refractivity (Wildman–Crippen MR) is 102 cm³/mol. The smallest absolute Gasteiger partial charge is 0.254 e. The highest BCUT2D eigenvalue weighted by atomic mass is 16.5. The molecule has 0 N–H and O–H groups in total. The molecule has 1 saturated heterocycles. The Balaban J connectivity index is 1.46. The molecule has 5 nitrogen and oxygen atoms in total. The first-order valence-corrected chi connectivity index (χ1v) is 9.01. The van der Waals surface area contributed by atoms with Gasteiger partial charge in [-0.3, -0.25) is 9.69 Å². The summed E-state index contributed by atoms with van der Waals surface area (Å²) in [4.78, 5) is 17.0. The highest BCUT2D eigenvalue weighted by Crippen LogP contribution is 2.20. The van der Waals surface area contributed by atoms with Gasteiger partial charge in [-0.1, -0.05) is 24.3 Å². The van der Waals surface area contributed by atoms with Crippen LogP contribution in [-0.2, 0) is 0 Å². The van der Waals surface area contributed by atoms with E-state index in [0.717, 1.165) is 49.8 Å². The minimum absolute atomic E-state index is 0.0727. The maximum atomic E-state index is 12.7. The molecule has 2 aromatic rings. The van der Waals surface area contributed by atoms with Crippen molar-refractivity contribution in [3.05, 3.63) is 59.7 Å². The molecule has 0 spiro atoms. The van der Waals surface area contributed by atoms with E-state index in [2.05, 4.69) is 4.90 Å². The highest BCUT2D eigenvalue weighted by molar-refractivity contribution is 5.94. The normalized spacial score (nSPS) is 14.9. The van der Waals surface area contributed by atoms with Gasteiger partial charge in [-0.05, 0) is 36.8 Å². The number of nitrogens with zero attached hydrogens (tertiary/aromatic N) is 2. The lowest BCUT2D eigenvalue weighted by Crippen LogP contribution is -2.49. The molecule has 5 heteroatoms. The summed E-state index contributed by atoms with van der Waals surface area (Å²) < 4.78 is 11.1. The van der Waals surface area contributed by atoms with Gasteiger partial charge in [-0.15, -0.1) is 0 Å². The Morgan fingerprint density at radius 3 is 2.46 bits per heavy atom. The van der Waals surface area contributed by atoms with Crippen LogP contribution in [0.4, 0.5) is 0 Å². The minimum Gasteiger partial charge on any atom is -0.496 e. The number of amides is 1. The Hall–Kier alpha value is -2.53. The molecule has 0 aromatic heterocycles. The fourth-order valence-corrected chi connectivity index (χ4v) is 3.12. The third-order valence-corrected chi connectivity index (χ3v) is 4.73. The number of carbonyl (C=O) groups excluding carboxylic acids is 1. The maximum Gasteiger partial charge on any atom is 0.254 e. The first-order chi connectivity index (χ1) is 12.7. The van der Waals surface area contributed by atoms with Crippen LogP contribution in [-0.4, -0.2) is 62.1 Å². The van der Waals surface area contributed by atoms with Gasteiger partial charge in [0.2, 0.25) is 0 Å². The number of hydrogen-bond donors (Lipinski definition) is 0. The molecule has 1 aliphatic heterocycles. The van der Waals surface area contributed by atoms with Crippen LogP contribution in [0.5, 0.6) is 11.5 Å². The van der Waals surface area contributed by atoms with Gasteiger partial charge in [0, 0.05) is 38.3 Å². The van der Waals surface area contributed by atoms with E-state index in [1.165, 1.54) is 0 Å². The quantitative estimate of drug-likeness (QED) is 0.800. The maximum absolute atomic E-state index is 12.7. The molecule has 0 atom stereocenters. The number of hydrogen-bond acceptors (Lipinski definition) is 4. The lowest BCUT2D eigenvalue weighted by Gasteiger charge is -2.34. The van der Waals surface area contributed by atoms with Crippen LogP contribution in [0.25, 0.3) is 0 Å². The summed E-state index contributed by atoms with van der Waals surface area (Å²) in [6.45, 7) is 6.71. The van der Waals surface area contributed by atoms with E-state index in [4.69, 9.17) is 9.47 Å². The van der Waals surface area contributed by atoms with Gasteiger partial charge in [0.15, 0.2) is 0 Å². The van der Waals surface area contributed by atoms with Crippen LogP contribution in [0.2, 0.25) is 0 Å². The summed E-state index contributed by atoms with van der Waals surface area (Å²) in [7, 11) is 1.63. The van der Waals surface area contributed by atoms with Gasteiger partial charge in [0.1, 0.15) is 18.1 Å². The van der Waals surface area contributed by atoms with Crippen LogP contribution in [0.3, 0.4) is 0 Å². The zero-order chi connectivity index (χ0) is 18.4. The van der Waals surface area contributed by atoms with Crippen LogP contribution >= 0.6 is 0 Å². The third-order valence-electron chi connectivity index (χ3n) is 4.73. The molecule has 138 valence electrons. The molecule has 0 radical (unpaired) electrons. The molecule has 1 aliphatic rings. The first-order valence-electron chi connectivity index (χ1n) is 9.01. The molecular formula is C21H26N2O3. The number of ether oxygens (including phenoxy) is 2. The molecule has 0 bridgehead atoms.